The second-order valence-electron chi connectivity index (χ2n) is 17.0. The molecular weight excluding hydrogens is 542 g/mol. The van der Waals surface area contributed by atoms with Crippen molar-refractivity contribution in [3.05, 3.63) is 0 Å². The highest BCUT2D eigenvalue weighted by Crippen LogP contribution is 2.52. The first kappa shape index (κ1) is 39.4. The molecule has 45 heavy (non-hydrogen) atoms. The molecule has 0 unspecified atom stereocenters. The van der Waals surface area contributed by atoms with E-state index in [1.165, 1.54) is 75.3 Å². The van der Waals surface area contributed by atoms with Gasteiger partial charge in [-0.05, 0) is 163 Å². The number of likely N-dealkylation sites (tertiary alicyclic amines) is 1. The molecule has 10 bridgehead atoms. The third-order valence-electron chi connectivity index (χ3n) is 13.6. The van der Waals surface area contributed by atoms with Gasteiger partial charge in [0.15, 0.2) is 0 Å². The Morgan fingerprint density at radius 3 is 0.778 bits per heavy atom. The smallest absolute Gasteiger partial charge is 0.00218 e. The van der Waals surface area contributed by atoms with Gasteiger partial charge < -0.3 is 4.90 Å². The van der Waals surface area contributed by atoms with Crippen molar-refractivity contribution in [2.45, 2.75) is 202 Å². The summed E-state index contributed by atoms with van der Waals surface area (Å²) in [7, 11) is 2.21. The van der Waals surface area contributed by atoms with Crippen LogP contribution in [0.1, 0.15) is 202 Å². The molecule has 0 amide bonds. The van der Waals surface area contributed by atoms with Crippen LogP contribution in [0.25, 0.3) is 0 Å². The zero-order chi connectivity index (χ0) is 32.4. The largest absolute Gasteiger partial charge is 0.306 e. The van der Waals surface area contributed by atoms with Gasteiger partial charge in [0.2, 0.25) is 0 Å². The number of nitrogens with zero attached hydrogens (tertiary/aromatic N) is 1. The van der Waals surface area contributed by atoms with Gasteiger partial charge in [-0.2, -0.15) is 0 Å². The number of fused-ring (bicyclic) bond motifs is 4. The minimum atomic E-state index is 1.15. The van der Waals surface area contributed by atoms with Gasteiger partial charge in [0, 0.05) is 0 Å². The molecule has 1 saturated heterocycles. The Balaban J connectivity index is 0.000000156. The van der Waals surface area contributed by atoms with Gasteiger partial charge in [0.05, 0.1) is 0 Å². The van der Waals surface area contributed by atoms with E-state index in [1.807, 2.05) is 41.5 Å². The highest BCUT2D eigenvalue weighted by atomic mass is 15.1. The summed E-state index contributed by atoms with van der Waals surface area (Å²) in [6, 6.07) is 0. The third-order valence-corrected chi connectivity index (χ3v) is 13.6. The molecule has 266 valence electrons. The second kappa shape index (κ2) is 22.6. The number of hydrogen-bond acceptors (Lipinski definition) is 1. The molecule has 11 rings (SSSR count). The van der Waals surface area contributed by atoms with Crippen molar-refractivity contribution in [2.75, 3.05) is 20.1 Å². The predicted molar refractivity (Wildman–Crippen MR) is 202 cm³/mol. The van der Waals surface area contributed by atoms with E-state index in [9.17, 15) is 0 Å². The molecule has 11 aliphatic rings. The molecule has 0 radical (unpaired) electrons. The SMILES string of the molecule is C1CC2CC3CC1CC(C2)C3.C1CC2CC3CC1CC(C2)C3.C1CC2CCCC(C1)C2.CC.CC.CC.CN1CCCCCC1. The summed E-state index contributed by atoms with van der Waals surface area (Å²) in [6.45, 7) is 14.6. The van der Waals surface area contributed by atoms with E-state index in [2.05, 4.69) is 11.9 Å². The van der Waals surface area contributed by atoms with Crippen LogP contribution in [0.15, 0.2) is 0 Å². The highest BCUT2D eigenvalue weighted by molar-refractivity contribution is 4.91. The molecular formula is C44H85N. The van der Waals surface area contributed by atoms with Crippen molar-refractivity contribution in [3.8, 4) is 0 Å². The molecule has 11 fully saturated rings. The first-order chi connectivity index (χ1) is 22.1. The zero-order valence-corrected chi connectivity index (χ0v) is 32.3. The van der Waals surface area contributed by atoms with E-state index in [-0.39, 0.29) is 0 Å². The fraction of sp³-hybridized carbons (Fsp3) is 1.00. The average molecular weight is 628 g/mol. The lowest BCUT2D eigenvalue weighted by atomic mass is 9.68. The molecule has 1 heterocycles. The van der Waals surface area contributed by atoms with Crippen molar-refractivity contribution in [2.24, 2.45) is 59.2 Å². The molecule has 10 aliphatic carbocycles. The Labute approximate surface area is 285 Å². The van der Waals surface area contributed by atoms with Crippen LogP contribution in [0.4, 0.5) is 0 Å². The van der Waals surface area contributed by atoms with Gasteiger partial charge in [0.1, 0.15) is 0 Å². The van der Waals surface area contributed by atoms with E-state index >= 15 is 0 Å². The summed E-state index contributed by atoms with van der Waals surface area (Å²) in [6.07, 6.45) is 39.0. The zero-order valence-electron chi connectivity index (χ0n) is 32.3. The Hall–Kier alpha value is -0.0400. The van der Waals surface area contributed by atoms with E-state index in [1.54, 1.807) is 122 Å². The van der Waals surface area contributed by atoms with E-state index in [0.717, 1.165) is 35.5 Å². The van der Waals surface area contributed by atoms with Crippen molar-refractivity contribution in [1.82, 2.24) is 4.90 Å². The van der Waals surface area contributed by atoms with E-state index in [4.69, 9.17) is 0 Å². The Morgan fingerprint density at radius 2 is 0.511 bits per heavy atom. The van der Waals surface area contributed by atoms with Crippen molar-refractivity contribution < 1.29 is 0 Å². The second-order valence-corrected chi connectivity index (χ2v) is 17.0. The van der Waals surface area contributed by atoms with E-state index < -0.39 is 0 Å². The van der Waals surface area contributed by atoms with Crippen LogP contribution in [0.5, 0.6) is 0 Å². The fourth-order valence-corrected chi connectivity index (χ4v) is 12.0. The molecule has 1 heteroatoms. The lowest BCUT2D eigenvalue weighted by Gasteiger charge is -2.38. The summed E-state index contributed by atoms with van der Waals surface area (Å²) in [5, 5.41) is 0. The Kier molecular flexibility index (Phi) is 19.8. The average Bonchev–Trinajstić information content (AvgIpc) is 3.56. The molecule has 0 aromatic heterocycles. The van der Waals surface area contributed by atoms with Crippen molar-refractivity contribution in [1.29, 1.82) is 0 Å². The van der Waals surface area contributed by atoms with Crippen LogP contribution in [-0.2, 0) is 0 Å². The maximum Gasteiger partial charge on any atom is -0.00218 e. The molecule has 1 nitrogen and oxygen atoms in total. The van der Waals surface area contributed by atoms with Crippen molar-refractivity contribution in [3.63, 3.8) is 0 Å². The van der Waals surface area contributed by atoms with Crippen LogP contribution >= 0.6 is 0 Å². The molecule has 0 atom stereocenters. The van der Waals surface area contributed by atoms with Gasteiger partial charge in [-0.3, -0.25) is 0 Å². The minimum absolute atomic E-state index is 1.15. The molecule has 1 aliphatic heterocycles. The molecule has 0 N–H and O–H groups in total. The van der Waals surface area contributed by atoms with Crippen LogP contribution in [-0.4, -0.2) is 25.0 Å². The molecule has 10 saturated carbocycles. The predicted octanol–water partition coefficient (Wildman–Crippen LogP) is 14.0. The van der Waals surface area contributed by atoms with Crippen LogP contribution in [0, 0.1) is 59.2 Å². The summed E-state index contributed by atoms with van der Waals surface area (Å²) in [5.41, 5.74) is 0. The van der Waals surface area contributed by atoms with Gasteiger partial charge >= 0.3 is 0 Å². The molecule has 0 spiro atoms. The highest BCUT2D eigenvalue weighted by Gasteiger charge is 2.40. The van der Waals surface area contributed by atoms with Gasteiger partial charge in [-0.1, -0.05) is 119 Å². The molecule has 0 aromatic carbocycles. The van der Waals surface area contributed by atoms with Crippen LogP contribution < -0.4 is 0 Å². The van der Waals surface area contributed by atoms with Gasteiger partial charge in [-0.15, -0.1) is 0 Å². The molecule has 0 aromatic rings. The normalized spacial score (nSPS) is 40.1. The number of hydrogen-bond donors (Lipinski definition) is 0. The third kappa shape index (κ3) is 13.8. The summed E-state index contributed by atoms with van der Waals surface area (Å²) in [4.78, 5) is 2.42. The van der Waals surface area contributed by atoms with Gasteiger partial charge in [-0.25, -0.2) is 0 Å². The first-order valence-electron chi connectivity index (χ1n) is 21.8. The van der Waals surface area contributed by atoms with Gasteiger partial charge in [0.25, 0.3) is 0 Å². The summed E-state index contributed by atoms with van der Waals surface area (Å²) in [5.74, 6) is 11.6. The number of rotatable bonds is 0. The standard InChI is InChI=1S/2C11H18.C9H16.C7H15N.3C2H6/c2*1-2-9-5-10-3-8(1)4-11(6-9)7-10;1-3-8-5-2-6-9(4-1)7-8;1-8-6-4-2-3-5-7-8;3*1-2/h2*8-11H,1-7H2;8-9H,1-7H2;2-7H2,1H3;3*1-2H3. The maximum absolute atomic E-state index is 2.42. The lowest BCUT2D eigenvalue weighted by Crippen LogP contribution is -2.26. The lowest BCUT2D eigenvalue weighted by molar-refractivity contribution is 0.134. The maximum atomic E-state index is 2.42. The summed E-state index contributed by atoms with van der Waals surface area (Å²) < 4.78 is 0. The monoisotopic (exact) mass is 628 g/mol. The fourth-order valence-electron chi connectivity index (χ4n) is 12.0. The quantitative estimate of drug-likeness (QED) is 0.258. The van der Waals surface area contributed by atoms with Crippen LogP contribution in [0.2, 0.25) is 0 Å². The van der Waals surface area contributed by atoms with E-state index in [0.29, 0.717) is 0 Å². The first-order valence-corrected chi connectivity index (χ1v) is 21.8. The Bertz CT molecular complexity index is 582. The topological polar surface area (TPSA) is 3.24 Å². The van der Waals surface area contributed by atoms with Crippen molar-refractivity contribution >= 4 is 0 Å². The van der Waals surface area contributed by atoms with Crippen LogP contribution in [0.3, 0.4) is 0 Å². The minimum Gasteiger partial charge on any atom is -0.306 e. The summed E-state index contributed by atoms with van der Waals surface area (Å²) >= 11 is 0. The Morgan fingerprint density at radius 1 is 0.267 bits per heavy atom.